The molecule has 0 bridgehead atoms. The van der Waals surface area contributed by atoms with Crippen molar-refractivity contribution in [1.82, 2.24) is 29.8 Å². The van der Waals surface area contributed by atoms with Crippen LogP contribution in [-0.4, -0.2) is 56.0 Å². The summed E-state index contributed by atoms with van der Waals surface area (Å²) < 4.78 is 40.5. The summed E-state index contributed by atoms with van der Waals surface area (Å²) in [7, 11) is 0. The number of H-pyrrole nitrogens is 1. The smallest absolute Gasteiger partial charge is 0.354 e. The van der Waals surface area contributed by atoms with Gasteiger partial charge in [-0.05, 0) is 24.3 Å². The minimum absolute atomic E-state index is 0.0641. The van der Waals surface area contributed by atoms with Gasteiger partial charge in [0.15, 0.2) is 11.5 Å². The molecule has 34 heavy (non-hydrogen) atoms. The summed E-state index contributed by atoms with van der Waals surface area (Å²) in [6.45, 7) is 2.51. The first-order valence-electron chi connectivity index (χ1n) is 10.7. The molecule has 0 aliphatic carbocycles. The molecule has 0 atom stereocenters. The molecule has 0 saturated carbocycles. The quantitative estimate of drug-likeness (QED) is 0.493. The Morgan fingerprint density at radius 3 is 2.44 bits per heavy atom. The van der Waals surface area contributed by atoms with Crippen molar-refractivity contribution in [3.63, 3.8) is 0 Å². The predicted molar refractivity (Wildman–Crippen MR) is 120 cm³/mol. The van der Waals surface area contributed by atoms with E-state index in [4.69, 9.17) is 0 Å². The van der Waals surface area contributed by atoms with E-state index in [0.717, 1.165) is 6.07 Å². The summed E-state index contributed by atoms with van der Waals surface area (Å²) in [6.07, 6.45) is -3.11. The first-order chi connectivity index (χ1) is 16.4. The Balaban J connectivity index is 1.34. The number of aromatic nitrogens is 5. The van der Waals surface area contributed by atoms with Crippen LogP contribution in [0, 0.1) is 0 Å². The first kappa shape index (κ1) is 22.0. The van der Waals surface area contributed by atoms with Gasteiger partial charge in [-0.15, -0.1) is 0 Å². The van der Waals surface area contributed by atoms with Gasteiger partial charge in [0.1, 0.15) is 17.3 Å². The fraction of sp³-hybridized carbons (Fsp3) is 0.261. The lowest BCUT2D eigenvalue weighted by Gasteiger charge is -2.35. The van der Waals surface area contributed by atoms with E-state index in [-0.39, 0.29) is 22.9 Å². The number of halogens is 3. The molecule has 0 spiro atoms. The van der Waals surface area contributed by atoms with E-state index in [2.05, 4.69) is 29.8 Å². The highest BCUT2D eigenvalue weighted by molar-refractivity contribution is 5.77. The van der Waals surface area contributed by atoms with Crippen molar-refractivity contribution < 1.29 is 13.2 Å². The van der Waals surface area contributed by atoms with Crippen molar-refractivity contribution in [1.29, 1.82) is 0 Å². The Hall–Kier alpha value is -3.86. The molecule has 11 heteroatoms. The van der Waals surface area contributed by atoms with Gasteiger partial charge >= 0.3 is 6.18 Å². The van der Waals surface area contributed by atoms with Crippen molar-refractivity contribution >= 4 is 16.7 Å². The number of fused-ring (bicyclic) bond motifs is 1. The number of para-hydroxylation sites is 1. The molecule has 4 heterocycles. The van der Waals surface area contributed by atoms with Crippen molar-refractivity contribution in [3.05, 3.63) is 76.6 Å². The van der Waals surface area contributed by atoms with Crippen LogP contribution in [0.15, 0.2) is 59.5 Å². The molecule has 174 valence electrons. The maximum Gasteiger partial charge on any atom is 0.433 e. The largest absolute Gasteiger partial charge is 0.433 e. The molecule has 0 amide bonds. The van der Waals surface area contributed by atoms with Crippen LogP contribution >= 0.6 is 0 Å². The second-order valence-electron chi connectivity index (χ2n) is 7.94. The van der Waals surface area contributed by atoms with Gasteiger partial charge in [0.25, 0.3) is 5.56 Å². The highest BCUT2D eigenvalue weighted by Gasteiger charge is 2.35. The molecular formula is C23H20F3N7O. The molecule has 0 radical (unpaired) electrons. The predicted octanol–water partition coefficient (Wildman–Crippen LogP) is 3.12. The number of alkyl halides is 3. The van der Waals surface area contributed by atoms with Gasteiger partial charge in [0.05, 0.1) is 17.4 Å². The Bertz CT molecular complexity index is 1370. The highest BCUT2D eigenvalue weighted by atomic mass is 19.4. The monoisotopic (exact) mass is 467 g/mol. The summed E-state index contributed by atoms with van der Waals surface area (Å²) in [5, 5.41) is 0.531. The van der Waals surface area contributed by atoms with Crippen molar-refractivity contribution in [2.75, 3.05) is 31.1 Å². The summed E-state index contributed by atoms with van der Waals surface area (Å²) >= 11 is 0. The number of hydrogen-bond acceptors (Lipinski definition) is 7. The number of nitrogens with one attached hydrogen (secondary N) is 1. The molecule has 1 aliphatic heterocycles. The van der Waals surface area contributed by atoms with Crippen LogP contribution in [0.5, 0.6) is 0 Å². The van der Waals surface area contributed by atoms with Crippen molar-refractivity contribution in [3.8, 4) is 11.5 Å². The number of piperazine rings is 1. The van der Waals surface area contributed by atoms with E-state index >= 15 is 0 Å². The van der Waals surface area contributed by atoms with E-state index in [1.54, 1.807) is 41.3 Å². The average molecular weight is 467 g/mol. The Morgan fingerprint density at radius 1 is 0.941 bits per heavy atom. The Kier molecular flexibility index (Phi) is 5.70. The second-order valence-corrected chi connectivity index (χ2v) is 7.94. The molecule has 3 aromatic heterocycles. The third-order valence-electron chi connectivity index (χ3n) is 5.63. The van der Waals surface area contributed by atoms with E-state index in [0.29, 0.717) is 49.5 Å². The van der Waals surface area contributed by atoms with Crippen molar-refractivity contribution in [2.24, 2.45) is 0 Å². The topological polar surface area (TPSA) is 90.9 Å². The lowest BCUT2D eigenvalue weighted by atomic mass is 10.2. The molecular weight excluding hydrogens is 447 g/mol. The standard InChI is InChI=1S/C23H20F3N7O/c24-23(25,26)18-13-20(31-21(29-18)17-7-3-4-8-27-17)33-11-9-32(10-12-33)14-19-28-16-6-2-1-5-15(16)22(34)30-19/h1-8,13H,9-12,14H2,(H,28,30,34). The van der Waals surface area contributed by atoms with Gasteiger partial charge in [0, 0.05) is 38.4 Å². The van der Waals surface area contributed by atoms with Gasteiger partial charge in [-0.25, -0.2) is 15.0 Å². The molecule has 4 aromatic rings. The third-order valence-corrected chi connectivity index (χ3v) is 5.63. The molecule has 5 rings (SSSR count). The van der Waals surface area contributed by atoms with Gasteiger partial charge < -0.3 is 9.88 Å². The van der Waals surface area contributed by atoms with E-state index in [1.807, 2.05) is 6.07 Å². The fourth-order valence-electron chi connectivity index (χ4n) is 3.91. The van der Waals surface area contributed by atoms with Crippen LogP contribution < -0.4 is 10.5 Å². The zero-order chi connectivity index (χ0) is 23.7. The summed E-state index contributed by atoms with van der Waals surface area (Å²) in [4.78, 5) is 35.7. The Labute approximate surface area is 192 Å². The van der Waals surface area contributed by atoms with Crippen LogP contribution in [0.4, 0.5) is 19.0 Å². The average Bonchev–Trinajstić information content (AvgIpc) is 2.84. The maximum absolute atomic E-state index is 13.5. The first-order valence-corrected chi connectivity index (χ1v) is 10.7. The number of anilines is 1. The summed E-state index contributed by atoms with van der Waals surface area (Å²) in [5.41, 5.74) is -0.289. The zero-order valence-corrected chi connectivity index (χ0v) is 18.0. The number of aromatic amines is 1. The SMILES string of the molecule is O=c1[nH]c(CN2CCN(c3cc(C(F)(F)F)nc(-c4ccccn4)n3)CC2)nc2ccccc12. The van der Waals surface area contributed by atoms with Gasteiger partial charge in [-0.1, -0.05) is 18.2 Å². The number of benzene rings is 1. The molecule has 0 unspecified atom stereocenters. The van der Waals surface area contributed by atoms with Gasteiger partial charge in [0.2, 0.25) is 0 Å². The van der Waals surface area contributed by atoms with Crippen LogP contribution in [-0.2, 0) is 12.7 Å². The molecule has 8 nitrogen and oxygen atoms in total. The number of rotatable bonds is 4. The lowest BCUT2D eigenvalue weighted by Crippen LogP contribution is -2.46. The van der Waals surface area contributed by atoms with E-state index < -0.39 is 11.9 Å². The van der Waals surface area contributed by atoms with Crippen molar-refractivity contribution in [2.45, 2.75) is 12.7 Å². The fourth-order valence-corrected chi connectivity index (χ4v) is 3.91. The second kappa shape index (κ2) is 8.82. The van der Waals surface area contributed by atoms with Crippen LogP contribution in [0.3, 0.4) is 0 Å². The minimum Gasteiger partial charge on any atom is -0.354 e. The van der Waals surface area contributed by atoms with Gasteiger partial charge in [-0.2, -0.15) is 13.2 Å². The van der Waals surface area contributed by atoms with E-state index in [1.165, 1.54) is 6.20 Å². The minimum atomic E-state index is -4.60. The molecule has 1 fully saturated rings. The zero-order valence-electron chi connectivity index (χ0n) is 18.0. The molecule has 1 N–H and O–H groups in total. The van der Waals surface area contributed by atoms with E-state index in [9.17, 15) is 18.0 Å². The third kappa shape index (κ3) is 4.60. The Morgan fingerprint density at radius 2 is 1.71 bits per heavy atom. The summed E-state index contributed by atoms with van der Waals surface area (Å²) in [6, 6.07) is 13.0. The van der Waals surface area contributed by atoms with Crippen LogP contribution in [0.25, 0.3) is 22.4 Å². The lowest BCUT2D eigenvalue weighted by molar-refractivity contribution is -0.141. The molecule has 1 aliphatic rings. The summed E-state index contributed by atoms with van der Waals surface area (Å²) in [5.74, 6) is 0.696. The van der Waals surface area contributed by atoms with Gasteiger partial charge in [-0.3, -0.25) is 14.7 Å². The maximum atomic E-state index is 13.5. The van der Waals surface area contributed by atoms with Crippen LogP contribution in [0.1, 0.15) is 11.5 Å². The number of hydrogen-bond donors (Lipinski definition) is 1. The normalized spacial score (nSPS) is 15.1. The highest BCUT2D eigenvalue weighted by Crippen LogP contribution is 2.31. The number of nitrogens with zero attached hydrogens (tertiary/aromatic N) is 6. The molecule has 1 saturated heterocycles. The number of pyridine rings is 1. The van der Waals surface area contributed by atoms with Crippen LogP contribution in [0.2, 0.25) is 0 Å². The molecule has 1 aromatic carbocycles.